The predicted octanol–water partition coefficient (Wildman–Crippen LogP) is 4.21. The average Bonchev–Trinajstić information content (AvgIpc) is 2.38. The minimum atomic E-state index is -2.15. The van der Waals surface area contributed by atoms with Gasteiger partial charge in [0.15, 0.2) is 0 Å². The highest BCUT2D eigenvalue weighted by Crippen LogP contribution is 2.29. The molecule has 1 aromatic rings. The molecule has 0 fully saturated rings. The van der Waals surface area contributed by atoms with E-state index in [4.69, 9.17) is 20.5 Å². The number of hydrogen-bond acceptors (Lipinski definition) is 2. The van der Waals surface area contributed by atoms with Gasteiger partial charge in [-0.2, -0.15) is 0 Å². The molecule has 2 nitrogen and oxygen atoms in total. The van der Waals surface area contributed by atoms with E-state index in [9.17, 15) is 0 Å². The molecule has 0 aromatic heterocycles. The lowest BCUT2D eigenvalue weighted by molar-refractivity contribution is 0.181. The lowest BCUT2D eigenvalue weighted by Crippen LogP contribution is -2.44. The van der Waals surface area contributed by atoms with Gasteiger partial charge in [0.05, 0.1) is 0 Å². The molecule has 1 atom stereocenters. The van der Waals surface area contributed by atoms with Crippen LogP contribution in [0.2, 0.25) is 6.55 Å². The summed E-state index contributed by atoms with van der Waals surface area (Å²) < 4.78 is 11.9. The maximum Gasteiger partial charge on any atom is 0.342 e. The molecule has 1 aromatic carbocycles. The lowest BCUT2D eigenvalue weighted by Gasteiger charge is -2.32. The molecule has 0 bridgehead atoms. The summed E-state index contributed by atoms with van der Waals surface area (Å²) in [4.78, 5) is 0. The van der Waals surface area contributed by atoms with Crippen LogP contribution in [-0.2, 0) is 14.7 Å². The first-order valence-electron chi connectivity index (χ1n) is 6.50. The van der Waals surface area contributed by atoms with Crippen molar-refractivity contribution in [1.29, 1.82) is 0 Å². The molecule has 0 N–H and O–H groups in total. The Kier molecular flexibility index (Phi) is 6.36. The molecule has 18 heavy (non-hydrogen) atoms. The van der Waals surface area contributed by atoms with Gasteiger partial charge in [0.25, 0.3) is 0 Å². The highest BCUT2D eigenvalue weighted by Gasteiger charge is 2.38. The van der Waals surface area contributed by atoms with Gasteiger partial charge in [0.1, 0.15) is 0 Å². The van der Waals surface area contributed by atoms with Crippen molar-refractivity contribution in [2.45, 2.75) is 38.7 Å². The largest absolute Gasteiger partial charge is 0.394 e. The van der Waals surface area contributed by atoms with E-state index in [2.05, 4.69) is 37.7 Å². The molecular formula is C14H23ClO2Si. The van der Waals surface area contributed by atoms with Crippen LogP contribution < -0.4 is 0 Å². The summed E-state index contributed by atoms with van der Waals surface area (Å²) in [6.45, 7) is 9.77. The zero-order valence-corrected chi connectivity index (χ0v) is 13.5. The smallest absolute Gasteiger partial charge is 0.342 e. The van der Waals surface area contributed by atoms with Crippen molar-refractivity contribution in [2.75, 3.05) is 13.2 Å². The normalized spacial score (nSPS) is 13.6. The topological polar surface area (TPSA) is 18.5 Å². The third-order valence-electron chi connectivity index (χ3n) is 3.28. The first kappa shape index (κ1) is 15.7. The molecule has 0 aliphatic heterocycles. The van der Waals surface area contributed by atoms with Crippen LogP contribution in [-0.4, -0.2) is 21.8 Å². The Hall–Kier alpha value is -0.353. The first-order chi connectivity index (χ1) is 8.57. The molecule has 0 saturated carbocycles. The van der Waals surface area contributed by atoms with Gasteiger partial charge in [0, 0.05) is 24.6 Å². The lowest BCUT2D eigenvalue weighted by atomic mass is 10.1. The predicted molar refractivity (Wildman–Crippen MR) is 79.3 cm³/mol. The summed E-state index contributed by atoms with van der Waals surface area (Å²) in [7, 11) is -2.15. The average molecular weight is 287 g/mol. The van der Waals surface area contributed by atoms with Crippen LogP contribution in [0.3, 0.4) is 0 Å². The summed E-state index contributed by atoms with van der Waals surface area (Å²) in [6.07, 6.45) is 0. The fraction of sp³-hybridized carbons (Fsp3) is 0.571. The molecule has 102 valence electrons. The van der Waals surface area contributed by atoms with E-state index in [1.165, 1.54) is 5.56 Å². The van der Waals surface area contributed by atoms with Crippen molar-refractivity contribution >= 4 is 20.2 Å². The highest BCUT2D eigenvalue weighted by molar-refractivity contribution is 6.67. The Morgan fingerprint density at radius 1 is 1.11 bits per heavy atom. The number of halogens is 1. The molecule has 1 rings (SSSR count). The fourth-order valence-electron chi connectivity index (χ4n) is 2.06. The van der Waals surface area contributed by atoms with Crippen LogP contribution in [0.25, 0.3) is 0 Å². The van der Waals surface area contributed by atoms with Gasteiger partial charge in [-0.1, -0.05) is 31.2 Å². The summed E-state index contributed by atoms with van der Waals surface area (Å²) in [5.41, 5.74) is 2.71. The molecule has 0 aliphatic carbocycles. The fourth-order valence-corrected chi connectivity index (χ4v) is 4.77. The Labute approximate surface area is 117 Å². The second kappa shape index (κ2) is 7.29. The molecule has 0 amide bonds. The van der Waals surface area contributed by atoms with Gasteiger partial charge < -0.3 is 8.85 Å². The number of rotatable bonds is 7. The van der Waals surface area contributed by atoms with E-state index in [-0.39, 0.29) is 0 Å². The molecule has 1 unspecified atom stereocenters. The molecule has 0 saturated heterocycles. The molecule has 0 heterocycles. The molecule has 0 aliphatic rings. The molecular weight excluding hydrogens is 264 g/mol. The summed E-state index contributed by atoms with van der Waals surface area (Å²) >= 11 is 5.81. The van der Waals surface area contributed by atoms with E-state index in [0.29, 0.717) is 24.6 Å². The van der Waals surface area contributed by atoms with Gasteiger partial charge in [-0.3, -0.25) is 0 Å². The van der Waals surface area contributed by atoms with Crippen molar-refractivity contribution in [3.63, 3.8) is 0 Å². The SMILES string of the molecule is CCO[Si](C)(OCC)C(C)c1ccc(CCl)cc1. The van der Waals surface area contributed by atoms with Gasteiger partial charge in [-0.05, 0) is 31.5 Å². The van der Waals surface area contributed by atoms with Gasteiger partial charge in [0.2, 0.25) is 0 Å². The van der Waals surface area contributed by atoms with Crippen molar-refractivity contribution in [1.82, 2.24) is 0 Å². The van der Waals surface area contributed by atoms with Crippen molar-refractivity contribution < 1.29 is 8.85 Å². The highest BCUT2D eigenvalue weighted by atomic mass is 35.5. The maximum atomic E-state index is 5.93. The van der Waals surface area contributed by atoms with Crippen molar-refractivity contribution in [3.05, 3.63) is 35.4 Å². The Balaban J connectivity index is 2.90. The van der Waals surface area contributed by atoms with E-state index in [0.717, 1.165) is 5.56 Å². The Morgan fingerprint density at radius 2 is 1.61 bits per heavy atom. The Morgan fingerprint density at radius 3 is 2.00 bits per heavy atom. The number of alkyl halides is 1. The summed E-state index contributed by atoms with van der Waals surface area (Å²) in [5, 5.41) is 0. The quantitative estimate of drug-likeness (QED) is 0.552. The van der Waals surface area contributed by atoms with Gasteiger partial charge in [-0.25, -0.2) is 0 Å². The third-order valence-corrected chi connectivity index (χ3v) is 7.22. The molecule has 4 heteroatoms. The van der Waals surface area contributed by atoms with E-state index < -0.39 is 8.56 Å². The maximum absolute atomic E-state index is 5.93. The van der Waals surface area contributed by atoms with E-state index >= 15 is 0 Å². The first-order valence-corrected chi connectivity index (χ1v) is 9.43. The summed E-state index contributed by atoms with van der Waals surface area (Å²) in [5.74, 6) is 0.556. The van der Waals surface area contributed by atoms with Gasteiger partial charge >= 0.3 is 8.56 Å². The zero-order valence-electron chi connectivity index (χ0n) is 11.7. The standard InChI is InChI=1S/C14H23ClO2Si/c1-5-16-18(4,17-6-2)12(3)14-9-7-13(11-15)8-10-14/h7-10,12H,5-6,11H2,1-4H3. The van der Waals surface area contributed by atoms with Crippen LogP contribution >= 0.6 is 11.6 Å². The second-order valence-corrected chi connectivity index (χ2v) is 8.22. The molecule has 0 spiro atoms. The van der Waals surface area contributed by atoms with Crippen LogP contribution in [0, 0.1) is 0 Å². The van der Waals surface area contributed by atoms with Crippen molar-refractivity contribution in [3.8, 4) is 0 Å². The monoisotopic (exact) mass is 286 g/mol. The zero-order chi connectivity index (χ0) is 13.6. The van der Waals surface area contributed by atoms with Crippen LogP contribution in [0.4, 0.5) is 0 Å². The Bertz CT molecular complexity index is 347. The summed E-state index contributed by atoms with van der Waals surface area (Å²) in [6, 6.07) is 8.41. The van der Waals surface area contributed by atoms with Crippen LogP contribution in [0.15, 0.2) is 24.3 Å². The van der Waals surface area contributed by atoms with Crippen LogP contribution in [0.1, 0.15) is 37.4 Å². The molecule has 0 radical (unpaired) electrons. The second-order valence-electron chi connectivity index (χ2n) is 4.48. The number of hydrogen-bond donors (Lipinski definition) is 0. The number of benzene rings is 1. The van der Waals surface area contributed by atoms with Crippen molar-refractivity contribution in [2.24, 2.45) is 0 Å². The van der Waals surface area contributed by atoms with Crippen LogP contribution in [0.5, 0.6) is 0 Å². The third kappa shape index (κ3) is 3.82. The van der Waals surface area contributed by atoms with E-state index in [1.54, 1.807) is 0 Å². The minimum absolute atomic E-state index is 0.307. The van der Waals surface area contributed by atoms with Gasteiger partial charge in [-0.15, -0.1) is 11.6 Å². The van der Waals surface area contributed by atoms with E-state index in [1.807, 2.05) is 13.8 Å². The minimum Gasteiger partial charge on any atom is -0.394 e.